The van der Waals surface area contributed by atoms with Gasteiger partial charge in [0.2, 0.25) is 11.8 Å². The minimum Gasteiger partial charge on any atom is -0.497 e. The Morgan fingerprint density at radius 1 is 1.21 bits per heavy atom. The van der Waals surface area contributed by atoms with E-state index in [-0.39, 0.29) is 30.2 Å². The summed E-state index contributed by atoms with van der Waals surface area (Å²) in [6.07, 6.45) is 1.06. The number of rotatable bonds is 7. The molecule has 0 bridgehead atoms. The Balaban J connectivity index is 1.71. The molecular weight excluding hydrogens is 368 g/mol. The number of amides is 2. The molecule has 0 spiro atoms. The van der Waals surface area contributed by atoms with Crippen LogP contribution >= 0.6 is 0 Å². The van der Waals surface area contributed by atoms with Crippen molar-refractivity contribution in [3.63, 3.8) is 0 Å². The van der Waals surface area contributed by atoms with Crippen molar-refractivity contribution in [2.45, 2.75) is 32.7 Å². The molecule has 6 nitrogen and oxygen atoms in total. The van der Waals surface area contributed by atoms with E-state index in [2.05, 4.69) is 12.2 Å². The first kappa shape index (κ1) is 20.7. The Hall–Kier alpha value is -3.02. The molecule has 0 aliphatic carbocycles. The zero-order valence-electron chi connectivity index (χ0n) is 17.4. The summed E-state index contributed by atoms with van der Waals surface area (Å²) < 4.78 is 10.7. The molecule has 2 unspecified atom stereocenters. The van der Waals surface area contributed by atoms with Crippen molar-refractivity contribution in [2.24, 2.45) is 5.92 Å². The van der Waals surface area contributed by atoms with E-state index in [0.29, 0.717) is 18.0 Å². The average molecular weight is 396 g/mol. The van der Waals surface area contributed by atoms with E-state index in [1.54, 1.807) is 25.2 Å². The summed E-state index contributed by atoms with van der Waals surface area (Å²) in [4.78, 5) is 27.2. The molecule has 1 aliphatic heterocycles. The molecular formula is C23H28N2O4. The number of nitrogens with one attached hydrogen (secondary N) is 1. The maximum atomic E-state index is 12.9. The molecule has 1 N–H and O–H groups in total. The second kappa shape index (κ2) is 8.99. The van der Waals surface area contributed by atoms with Crippen molar-refractivity contribution in [2.75, 3.05) is 25.7 Å². The van der Waals surface area contributed by atoms with Crippen LogP contribution in [0.5, 0.6) is 11.5 Å². The van der Waals surface area contributed by atoms with Crippen molar-refractivity contribution < 1.29 is 19.1 Å². The third-order valence-corrected chi connectivity index (χ3v) is 5.43. The maximum Gasteiger partial charge on any atom is 0.227 e. The summed E-state index contributed by atoms with van der Waals surface area (Å²) in [7, 11) is 3.19. The van der Waals surface area contributed by atoms with Gasteiger partial charge in [-0.25, -0.2) is 0 Å². The highest BCUT2D eigenvalue weighted by Gasteiger charge is 2.36. The molecule has 154 valence electrons. The summed E-state index contributed by atoms with van der Waals surface area (Å²) in [6, 6.07) is 13.1. The zero-order valence-corrected chi connectivity index (χ0v) is 17.4. The number of carbonyl (C=O) groups excluding carboxylic acids is 2. The summed E-state index contributed by atoms with van der Waals surface area (Å²) in [5, 5.41) is 3.03. The number of methoxy groups -OCH3 is 2. The topological polar surface area (TPSA) is 67.9 Å². The Morgan fingerprint density at radius 2 is 1.97 bits per heavy atom. The van der Waals surface area contributed by atoms with Gasteiger partial charge in [0.15, 0.2) is 0 Å². The largest absolute Gasteiger partial charge is 0.497 e. The second-order valence-electron chi connectivity index (χ2n) is 7.23. The predicted octanol–water partition coefficient (Wildman–Crippen LogP) is 3.50. The summed E-state index contributed by atoms with van der Waals surface area (Å²) in [5.41, 5.74) is 2.87. The minimum atomic E-state index is -0.376. The number of para-hydroxylation sites is 1. The highest BCUT2D eigenvalue weighted by atomic mass is 16.5. The minimum absolute atomic E-state index is 0.0132. The number of nitrogens with zero attached hydrogens (tertiary/aromatic N) is 1. The van der Waals surface area contributed by atoms with Crippen LogP contribution in [0.3, 0.4) is 0 Å². The average Bonchev–Trinajstić information content (AvgIpc) is 3.14. The summed E-state index contributed by atoms with van der Waals surface area (Å²) >= 11 is 0. The molecule has 6 heteroatoms. The van der Waals surface area contributed by atoms with Gasteiger partial charge in [-0.1, -0.05) is 25.1 Å². The SMILES string of the molecule is CCc1ccccc1N1CC(C(=O)NC(C)c2ccc(OC)cc2OC)CC1=O. The van der Waals surface area contributed by atoms with Crippen molar-refractivity contribution in [1.29, 1.82) is 0 Å². The molecule has 1 fully saturated rings. The van der Waals surface area contributed by atoms with E-state index in [9.17, 15) is 9.59 Å². The van der Waals surface area contributed by atoms with Gasteiger partial charge in [-0.05, 0) is 37.1 Å². The molecule has 0 saturated carbocycles. The monoisotopic (exact) mass is 396 g/mol. The van der Waals surface area contributed by atoms with Gasteiger partial charge in [0.05, 0.1) is 26.2 Å². The molecule has 3 rings (SSSR count). The van der Waals surface area contributed by atoms with E-state index in [4.69, 9.17) is 9.47 Å². The normalized spacial score (nSPS) is 17.2. The van der Waals surface area contributed by atoms with Crippen LogP contribution in [0, 0.1) is 5.92 Å². The molecule has 2 amide bonds. The lowest BCUT2D eigenvalue weighted by atomic mass is 10.0. The lowest BCUT2D eigenvalue weighted by Gasteiger charge is -2.21. The van der Waals surface area contributed by atoms with Gasteiger partial charge < -0.3 is 19.7 Å². The van der Waals surface area contributed by atoms with Crippen LogP contribution < -0.4 is 19.7 Å². The number of ether oxygens (including phenoxy) is 2. The highest BCUT2D eigenvalue weighted by molar-refractivity contribution is 6.00. The number of hydrogen-bond donors (Lipinski definition) is 1. The van der Waals surface area contributed by atoms with Crippen molar-refractivity contribution in [3.05, 3.63) is 53.6 Å². The van der Waals surface area contributed by atoms with Gasteiger partial charge in [0.25, 0.3) is 0 Å². The van der Waals surface area contributed by atoms with Crippen molar-refractivity contribution in [3.8, 4) is 11.5 Å². The third kappa shape index (κ3) is 4.36. The second-order valence-corrected chi connectivity index (χ2v) is 7.23. The van der Waals surface area contributed by atoms with Crippen LogP contribution in [0.15, 0.2) is 42.5 Å². The molecule has 29 heavy (non-hydrogen) atoms. The highest BCUT2D eigenvalue weighted by Crippen LogP contribution is 2.31. The van der Waals surface area contributed by atoms with E-state index in [0.717, 1.165) is 23.2 Å². The summed E-state index contributed by atoms with van der Waals surface area (Å²) in [6.45, 7) is 4.37. The van der Waals surface area contributed by atoms with Gasteiger partial charge in [-0.2, -0.15) is 0 Å². The van der Waals surface area contributed by atoms with Crippen LogP contribution in [0.1, 0.15) is 37.4 Å². The number of benzene rings is 2. The fourth-order valence-corrected chi connectivity index (χ4v) is 3.77. The molecule has 2 aromatic carbocycles. The van der Waals surface area contributed by atoms with Crippen LogP contribution in [0.2, 0.25) is 0 Å². The van der Waals surface area contributed by atoms with Crippen LogP contribution in [0.25, 0.3) is 0 Å². The Morgan fingerprint density at radius 3 is 2.66 bits per heavy atom. The molecule has 2 atom stereocenters. The molecule has 2 aromatic rings. The number of hydrogen-bond acceptors (Lipinski definition) is 4. The first-order valence-corrected chi connectivity index (χ1v) is 9.89. The van der Waals surface area contributed by atoms with Crippen LogP contribution in [0.4, 0.5) is 5.69 Å². The lowest BCUT2D eigenvalue weighted by molar-refractivity contribution is -0.126. The Kier molecular flexibility index (Phi) is 6.42. The quantitative estimate of drug-likeness (QED) is 0.778. The van der Waals surface area contributed by atoms with Gasteiger partial charge in [-0.15, -0.1) is 0 Å². The predicted molar refractivity (Wildman–Crippen MR) is 112 cm³/mol. The van der Waals surface area contributed by atoms with Crippen LogP contribution in [-0.4, -0.2) is 32.6 Å². The fraction of sp³-hybridized carbons (Fsp3) is 0.391. The van der Waals surface area contributed by atoms with E-state index < -0.39 is 0 Å². The van der Waals surface area contributed by atoms with E-state index >= 15 is 0 Å². The van der Waals surface area contributed by atoms with Crippen molar-refractivity contribution in [1.82, 2.24) is 5.32 Å². The molecule has 1 aliphatic rings. The first-order chi connectivity index (χ1) is 14.0. The molecule has 1 heterocycles. The number of anilines is 1. The van der Waals surface area contributed by atoms with Gasteiger partial charge in [0.1, 0.15) is 11.5 Å². The Bertz CT molecular complexity index is 896. The van der Waals surface area contributed by atoms with Crippen molar-refractivity contribution >= 4 is 17.5 Å². The molecule has 0 aromatic heterocycles. The molecule has 1 saturated heterocycles. The zero-order chi connectivity index (χ0) is 21.0. The van der Waals surface area contributed by atoms with E-state index in [1.165, 1.54) is 0 Å². The van der Waals surface area contributed by atoms with Gasteiger partial charge >= 0.3 is 0 Å². The molecule has 0 radical (unpaired) electrons. The van der Waals surface area contributed by atoms with Crippen LogP contribution in [-0.2, 0) is 16.0 Å². The third-order valence-electron chi connectivity index (χ3n) is 5.43. The Labute approximate surface area is 171 Å². The first-order valence-electron chi connectivity index (χ1n) is 9.89. The lowest BCUT2D eigenvalue weighted by Crippen LogP contribution is -2.34. The smallest absolute Gasteiger partial charge is 0.227 e. The number of carbonyl (C=O) groups is 2. The van der Waals surface area contributed by atoms with Gasteiger partial charge in [0, 0.05) is 30.3 Å². The maximum absolute atomic E-state index is 12.9. The van der Waals surface area contributed by atoms with Gasteiger partial charge in [-0.3, -0.25) is 9.59 Å². The fourth-order valence-electron chi connectivity index (χ4n) is 3.77. The standard InChI is InChI=1S/C23H28N2O4/c1-5-16-8-6-7-9-20(16)25-14-17(12-22(25)26)23(27)24-15(2)19-11-10-18(28-3)13-21(19)29-4/h6-11,13,15,17H,5,12,14H2,1-4H3,(H,24,27). The van der Waals surface area contributed by atoms with E-state index in [1.807, 2.05) is 43.3 Å². The number of aryl methyl sites for hydroxylation is 1. The summed E-state index contributed by atoms with van der Waals surface area (Å²) in [5.74, 6) is 0.828.